The van der Waals surface area contributed by atoms with Crippen molar-refractivity contribution in [3.63, 3.8) is 0 Å². The van der Waals surface area contributed by atoms with Crippen LogP contribution in [0.1, 0.15) is 23.0 Å². The van der Waals surface area contributed by atoms with Crippen molar-refractivity contribution in [2.45, 2.75) is 13.3 Å². The van der Waals surface area contributed by atoms with Crippen LogP contribution in [0.5, 0.6) is 0 Å². The fourth-order valence-corrected chi connectivity index (χ4v) is 2.47. The van der Waals surface area contributed by atoms with Gasteiger partial charge >= 0.3 is 11.6 Å². The predicted octanol–water partition coefficient (Wildman–Crippen LogP) is 2.39. The molecule has 0 amide bonds. The van der Waals surface area contributed by atoms with Gasteiger partial charge in [0, 0.05) is 11.6 Å². The molecule has 20 heavy (non-hydrogen) atoms. The first-order chi connectivity index (χ1) is 9.67. The Labute approximate surface area is 114 Å². The molecule has 0 saturated carbocycles. The molecule has 5 nitrogen and oxygen atoms in total. The Bertz CT molecular complexity index is 873. The first kappa shape index (κ1) is 12.5. The van der Waals surface area contributed by atoms with Crippen molar-refractivity contribution in [1.82, 2.24) is 4.40 Å². The molecular weight excluding hydrogens is 258 g/mol. The average molecular weight is 271 g/mol. The van der Waals surface area contributed by atoms with Crippen molar-refractivity contribution in [2.75, 3.05) is 7.11 Å². The van der Waals surface area contributed by atoms with Crippen molar-refractivity contribution in [1.29, 1.82) is 0 Å². The Kier molecular flexibility index (Phi) is 2.82. The number of fused-ring (bicyclic) bond motifs is 3. The fraction of sp³-hybridized carbons (Fsp3) is 0.200. The number of aromatic nitrogens is 1. The lowest BCUT2D eigenvalue weighted by atomic mass is 10.2. The summed E-state index contributed by atoms with van der Waals surface area (Å²) in [5, 5.41) is 0.738. The van der Waals surface area contributed by atoms with E-state index in [1.807, 2.05) is 35.7 Å². The van der Waals surface area contributed by atoms with E-state index in [-0.39, 0.29) is 5.56 Å². The lowest BCUT2D eigenvalue weighted by Crippen LogP contribution is -2.14. The molecule has 0 radical (unpaired) electrons. The van der Waals surface area contributed by atoms with Crippen LogP contribution in [-0.4, -0.2) is 17.5 Å². The van der Waals surface area contributed by atoms with Gasteiger partial charge < -0.3 is 13.6 Å². The third-order valence-electron chi connectivity index (χ3n) is 3.38. The maximum absolute atomic E-state index is 11.9. The van der Waals surface area contributed by atoms with Gasteiger partial charge in [-0.3, -0.25) is 0 Å². The number of carbonyl (C=O) groups excluding carboxylic acids is 1. The van der Waals surface area contributed by atoms with Gasteiger partial charge in [0.25, 0.3) is 0 Å². The highest BCUT2D eigenvalue weighted by molar-refractivity contribution is 6.00. The van der Waals surface area contributed by atoms with E-state index in [1.165, 1.54) is 7.11 Å². The Morgan fingerprint density at radius 3 is 2.90 bits per heavy atom. The number of carbonyl (C=O) groups is 1. The van der Waals surface area contributed by atoms with Crippen molar-refractivity contribution in [3.05, 3.63) is 52.1 Å². The number of hydrogen-bond donors (Lipinski definition) is 0. The van der Waals surface area contributed by atoms with Crippen LogP contribution in [0.25, 0.3) is 16.5 Å². The number of esters is 1. The van der Waals surface area contributed by atoms with Gasteiger partial charge in [-0.05, 0) is 24.6 Å². The van der Waals surface area contributed by atoms with E-state index < -0.39 is 11.6 Å². The molecule has 0 bridgehead atoms. The van der Waals surface area contributed by atoms with Crippen LogP contribution in [-0.2, 0) is 11.2 Å². The maximum Gasteiger partial charge on any atom is 0.351 e. The highest BCUT2D eigenvalue weighted by Gasteiger charge is 2.19. The quantitative estimate of drug-likeness (QED) is 0.671. The normalized spacial score (nSPS) is 11.1. The van der Waals surface area contributed by atoms with Gasteiger partial charge in [-0.2, -0.15) is 0 Å². The second kappa shape index (κ2) is 4.52. The van der Waals surface area contributed by atoms with Gasteiger partial charge in [-0.25, -0.2) is 9.59 Å². The van der Waals surface area contributed by atoms with Gasteiger partial charge in [0.15, 0.2) is 5.58 Å². The molecule has 0 saturated heterocycles. The zero-order valence-corrected chi connectivity index (χ0v) is 11.2. The summed E-state index contributed by atoms with van der Waals surface area (Å²) in [6.45, 7) is 1.99. The zero-order valence-electron chi connectivity index (χ0n) is 11.2. The molecule has 0 aliphatic rings. The molecule has 0 unspecified atom stereocenters. The highest BCUT2D eigenvalue weighted by atomic mass is 16.5. The topological polar surface area (TPSA) is 60.9 Å². The number of nitrogens with zero attached hydrogens (tertiary/aromatic N) is 1. The molecule has 0 aromatic carbocycles. The monoisotopic (exact) mass is 271 g/mol. The number of methoxy groups -OCH3 is 1. The van der Waals surface area contributed by atoms with E-state index in [4.69, 9.17) is 4.42 Å². The molecule has 0 aliphatic heterocycles. The van der Waals surface area contributed by atoms with Gasteiger partial charge in [0.1, 0.15) is 5.56 Å². The lowest BCUT2D eigenvalue weighted by molar-refractivity contribution is 0.0596. The summed E-state index contributed by atoms with van der Waals surface area (Å²) >= 11 is 0. The predicted molar refractivity (Wildman–Crippen MR) is 74.2 cm³/mol. The highest BCUT2D eigenvalue weighted by Crippen LogP contribution is 2.26. The number of ether oxygens (including phenoxy) is 1. The molecule has 3 aromatic rings. The second-order valence-electron chi connectivity index (χ2n) is 4.44. The van der Waals surface area contributed by atoms with E-state index >= 15 is 0 Å². The summed E-state index contributed by atoms with van der Waals surface area (Å²) < 4.78 is 11.9. The number of hydrogen-bond acceptors (Lipinski definition) is 4. The number of aryl methyl sites for hydroxylation is 1. The van der Waals surface area contributed by atoms with Crippen LogP contribution in [0.2, 0.25) is 0 Å². The molecule has 3 heterocycles. The van der Waals surface area contributed by atoms with Crippen LogP contribution in [0.3, 0.4) is 0 Å². The molecule has 5 heteroatoms. The molecule has 3 aromatic heterocycles. The van der Waals surface area contributed by atoms with Crippen LogP contribution in [0, 0.1) is 0 Å². The molecule has 0 spiro atoms. The van der Waals surface area contributed by atoms with E-state index in [2.05, 4.69) is 4.74 Å². The minimum Gasteiger partial charge on any atom is -0.465 e. The first-order valence-corrected chi connectivity index (χ1v) is 6.31. The second-order valence-corrected chi connectivity index (χ2v) is 4.44. The maximum atomic E-state index is 11.9. The van der Waals surface area contributed by atoms with Gasteiger partial charge in [-0.1, -0.05) is 13.0 Å². The van der Waals surface area contributed by atoms with E-state index in [9.17, 15) is 9.59 Å². The third kappa shape index (κ3) is 1.63. The van der Waals surface area contributed by atoms with E-state index in [0.29, 0.717) is 5.58 Å². The molecule has 0 aliphatic carbocycles. The Hall–Kier alpha value is -2.56. The Balaban J connectivity index is 2.48. The molecule has 3 rings (SSSR count). The minimum absolute atomic E-state index is 0.0843. The fourth-order valence-electron chi connectivity index (χ4n) is 2.47. The third-order valence-corrected chi connectivity index (χ3v) is 3.38. The summed E-state index contributed by atoms with van der Waals surface area (Å²) in [5.41, 5.74) is 1.57. The standard InChI is InChI=1S/C15H13NO4/c1-3-11-13-9(12-6-4-5-7-16(11)12)8-10(14(17)19-2)15(18)20-13/h4-8H,3H2,1-2H3. The van der Waals surface area contributed by atoms with Crippen molar-refractivity contribution in [3.8, 4) is 0 Å². The van der Waals surface area contributed by atoms with Gasteiger partial charge in [-0.15, -0.1) is 0 Å². The summed E-state index contributed by atoms with van der Waals surface area (Å²) in [4.78, 5) is 23.5. The van der Waals surface area contributed by atoms with Crippen LogP contribution < -0.4 is 5.63 Å². The van der Waals surface area contributed by atoms with Crippen LogP contribution >= 0.6 is 0 Å². The van der Waals surface area contributed by atoms with Crippen molar-refractivity contribution in [2.24, 2.45) is 0 Å². The summed E-state index contributed by atoms with van der Waals surface area (Å²) in [7, 11) is 1.24. The first-order valence-electron chi connectivity index (χ1n) is 6.31. The average Bonchev–Trinajstić information content (AvgIpc) is 2.78. The Morgan fingerprint density at radius 1 is 1.40 bits per heavy atom. The van der Waals surface area contributed by atoms with Gasteiger partial charge in [0.05, 0.1) is 18.3 Å². The van der Waals surface area contributed by atoms with Gasteiger partial charge in [0.2, 0.25) is 0 Å². The molecular formula is C15H13NO4. The van der Waals surface area contributed by atoms with E-state index in [0.717, 1.165) is 23.0 Å². The SMILES string of the molecule is CCc1c2oc(=O)c(C(=O)OC)cc2c2ccccn12. The minimum atomic E-state index is -0.686. The number of rotatable bonds is 2. The van der Waals surface area contributed by atoms with Crippen LogP contribution in [0.15, 0.2) is 39.7 Å². The summed E-state index contributed by atoms with van der Waals surface area (Å²) in [6.07, 6.45) is 2.63. The summed E-state index contributed by atoms with van der Waals surface area (Å²) in [6, 6.07) is 7.27. The largest absolute Gasteiger partial charge is 0.465 e. The van der Waals surface area contributed by atoms with Crippen molar-refractivity contribution >= 4 is 22.5 Å². The summed E-state index contributed by atoms with van der Waals surface area (Å²) in [5.74, 6) is -0.686. The smallest absolute Gasteiger partial charge is 0.351 e. The molecule has 0 N–H and O–H groups in total. The van der Waals surface area contributed by atoms with Crippen molar-refractivity contribution < 1.29 is 13.9 Å². The lowest BCUT2D eigenvalue weighted by Gasteiger charge is -1.98. The van der Waals surface area contributed by atoms with Crippen LogP contribution in [0.4, 0.5) is 0 Å². The number of pyridine rings is 1. The van der Waals surface area contributed by atoms with E-state index in [1.54, 1.807) is 6.07 Å². The Morgan fingerprint density at radius 2 is 2.20 bits per heavy atom. The zero-order chi connectivity index (χ0) is 14.3. The molecule has 102 valence electrons. The molecule has 0 fully saturated rings. The molecule has 0 atom stereocenters.